The molecule has 0 amide bonds. The second kappa shape index (κ2) is 6.88. The summed E-state index contributed by atoms with van der Waals surface area (Å²) in [4.78, 5) is 23.1. The fraction of sp³-hybridized carbons (Fsp3) is 0.833. The van der Waals surface area contributed by atoms with Crippen molar-refractivity contribution in [2.45, 2.75) is 85.2 Å². The molecule has 0 aromatic carbocycles. The number of carbonyl (C=O) groups is 2. The SMILES string of the molecule is CC(=O)O[C@H]1CC[C@@]2(C)C(=CC[C@H]3[C@@H]4CC[C@H](C(C)C(=O)O)[C@@]4(C)CC[C@@H]32)C1. The second-order valence-electron chi connectivity index (χ2n) is 10.6. The highest BCUT2D eigenvalue weighted by Crippen LogP contribution is 2.67. The second-order valence-corrected chi connectivity index (χ2v) is 10.6. The van der Waals surface area contributed by atoms with Crippen molar-refractivity contribution < 1.29 is 19.4 Å². The van der Waals surface area contributed by atoms with Gasteiger partial charge in [-0.1, -0.05) is 32.4 Å². The van der Waals surface area contributed by atoms with Crippen molar-refractivity contribution in [3.05, 3.63) is 11.6 Å². The Morgan fingerprint density at radius 3 is 2.57 bits per heavy atom. The molecule has 1 N–H and O–H groups in total. The van der Waals surface area contributed by atoms with Crippen LogP contribution in [0.1, 0.15) is 79.1 Å². The lowest BCUT2D eigenvalue weighted by atomic mass is 9.47. The average molecular weight is 389 g/mol. The predicted molar refractivity (Wildman–Crippen MR) is 108 cm³/mol. The number of carboxylic acids is 1. The lowest BCUT2D eigenvalue weighted by Gasteiger charge is -2.58. The van der Waals surface area contributed by atoms with E-state index in [0.29, 0.717) is 23.7 Å². The van der Waals surface area contributed by atoms with Gasteiger partial charge in [0.05, 0.1) is 5.92 Å². The van der Waals surface area contributed by atoms with Gasteiger partial charge in [-0.2, -0.15) is 0 Å². The van der Waals surface area contributed by atoms with Crippen LogP contribution < -0.4 is 0 Å². The first-order valence-electron chi connectivity index (χ1n) is 11.3. The van der Waals surface area contributed by atoms with Crippen LogP contribution in [0.5, 0.6) is 0 Å². The summed E-state index contributed by atoms with van der Waals surface area (Å²) < 4.78 is 5.53. The van der Waals surface area contributed by atoms with E-state index in [2.05, 4.69) is 19.9 Å². The molecule has 8 atom stereocenters. The van der Waals surface area contributed by atoms with Crippen LogP contribution >= 0.6 is 0 Å². The quantitative estimate of drug-likeness (QED) is 0.532. The van der Waals surface area contributed by atoms with Gasteiger partial charge < -0.3 is 9.84 Å². The Balaban J connectivity index is 1.57. The number of fused-ring (bicyclic) bond motifs is 5. The minimum absolute atomic E-state index is 0.0505. The zero-order chi connectivity index (χ0) is 20.3. The molecule has 0 aliphatic heterocycles. The molecule has 0 aromatic rings. The minimum atomic E-state index is -0.629. The molecule has 28 heavy (non-hydrogen) atoms. The summed E-state index contributed by atoms with van der Waals surface area (Å²) in [5, 5.41) is 9.62. The predicted octanol–water partition coefficient (Wildman–Crippen LogP) is 5.22. The van der Waals surface area contributed by atoms with Crippen molar-refractivity contribution in [1.29, 1.82) is 0 Å². The van der Waals surface area contributed by atoms with E-state index in [9.17, 15) is 14.7 Å². The Morgan fingerprint density at radius 1 is 1.14 bits per heavy atom. The third-order valence-corrected chi connectivity index (χ3v) is 9.46. The Bertz CT molecular complexity index is 697. The van der Waals surface area contributed by atoms with Gasteiger partial charge in [-0.3, -0.25) is 9.59 Å². The summed E-state index contributed by atoms with van der Waals surface area (Å²) in [6.45, 7) is 8.28. The van der Waals surface area contributed by atoms with Crippen molar-refractivity contribution in [2.75, 3.05) is 0 Å². The van der Waals surface area contributed by atoms with Crippen LogP contribution in [-0.2, 0) is 14.3 Å². The highest BCUT2D eigenvalue weighted by Gasteiger charge is 2.59. The van der Waals surface area contributed by atoms with Gasteiger partial charge in [0.15, 0.2) is 0 Å². The molecule has 0 aromatic heterocycles. The van der Waals surface area contributed by atoms with E-state index in [1.165, 1.54) is 25.3 Å². The molecule has 4 heteroatoms. The molecule has 0 spiro atoms. The van der Waals surface area contributed by atoms with E-state index < -0.39 is 5.97 Å². The highest BCUT2D eigenvalue weighted by atomic mass is 16.5. The van der Waals surface area contributed by atoms with Gasteiger partial charge >= 0.3 is 11.9 Å². The van der Waals surface area contributed by atoms with E-state index in [0.717, 1.165) is 38.5 Å². The molecule has 4 rings (SSSR count). The van der Waals surface area contributed by atoms with Crippen LogP contribution in [0.4, 0.5) is 0 Å². The first-order chi connectivity index (χ1) is 13.2. The zero-order valence-electron chi connectivity index (χ0n) is 17.9. The average Bonchev–Trinajstić information content (AvgIpc) is 2.98. The zero-order valence-corrected chi connectivity index (χ0v) is 17.9. The molecule has 4 aliphatic rings. The van der Waals surface area contributed by atoms with E-state index in [4.69, 9.17) is 4.74 Å². The van der Waals surface area contributed by atoms with Crippen LogP contribution in [-0.4, -0.2) is 23.1 Å². The van der Waals surface area contributed by atoms with Gasteiger partial charge in [-0.25, -0.2) is 0 Å². The molecular formula is C24H36O4. The lowest BCUT2D eigenvalue weighted by Crippen LogP contribution is -2.51. The van der Waals surface area contributed by atoms with Crippen molar-refractivity contribution in [1.82, 2.24) is 0 Å². The smallest absolute Gasteiger partial charge is 0.306 e. The summed E-state index contributed by atoms with van der Waals surface area (Å²) in [6, 6.07) is 0. The van der Waals surface area contributed by atoms with Crippen molar-refractivity contribution in [2.24, 2.45) is 40.4 Å². The summed E-state index contributed by atoms with van der Waals surface area (Å²) >= 11 is 0. The molecule has 1 unspecified atom stereocenters. The number of esters is 1. The normalized spacial score (nSPS) is 45.9. The van der Waals surface area contributed by atoms with Crippen molar-refractivity contribution in [3.63, 3.8) is 0 Å². The maximum Gasteiger partial charge on any atom is 0.306 e. The van der Waals surface area contributed by atoms with Gasteiger partial charge in [0, 0.05) is 13.3 Å². The molecule has 0 saturated heterocycles. The molecule has 156 valence electrons. The van der Waals surface area contributed by atoms with E-state index in [1.54, 1.807) is 0 Å². The largest absolute Gasteiger partial charge is 0.481 e. The van der Waals surface area contributed by atoms with E-state index in [1.807, 2.05) is 6.92 Å². The number of ether oxygens (including phenoxy) is 1. The highest BCUT2D eigenvalue weighted by molar-refractivity contribution is 5.70. The molecule has 0 heterocycles. The Kier molecular flexibility index (Phi) is 4.91. The number of hydrogen-bond acceptors (Lipinski definition) is 3. The Morgan fingerprint density at radius 2 is 1.89 bits per heavy atom. The molecular weight excluding hydrogens is 352 g/mol. The first kappa shape index (κ1) is 20.0. The number of allylic oxidation sites excluding steroid dienone is 1. The van der Waals surface area contributed by atoms with E-state index >= 15 is 0 Å². The van der Waals surface area contributed by atoms with Crippen LogP contribution in [0.15, 0.2) is 11.6 Å². The molecule has 3 saturated carbocycles. The van der Waals surface area contributed by atoms with Gasteiger partial charge in [0.1, 0.15) is 6.10 Å². The molecule has 0 radical (unpaired) electrons. The lowest BCUT2D eigenvalue weighted by molar-refractivity contribution is -0.148. The molecule has 3 fully saturated rings. The number of carboxylic acid groups (broad SMARTS) is 1. The summed E-state index contributed by atoms with van der Waals surface area (Å²) in [5.41, 5.74) is 1.93. The monoisotopic (exact) mass is 388 g/mol. The molecule has 4 aliphatic carbocycles. The Labute approximate surface area is 169 Å². The topological polar surface area (TPSA) is 63.6 Å². The first-order valence-corrected chi connectivity index (χ1v) is 11.3. The molecule has 0 bridgehead atoms. The van der Waals surface area contributed by atoms with Crippen LogP contribution in [0.2, 0.25) is 0 Å². The van der Waals surface area contributed by atoms with Gasteiger partial charge in [-0.15, -0.1) is 0 Å². The number of aliphatic carboxylic acids is 1. The van der Waals surface area contributed by atoms with Crippen molar-refractivity contribution >= 4 is 11.9 Å². The van der Waals surface area contributed by atoms with E-state index in [-0.39, 0.29) is 28.8 Å². The standard InChI is InChI=1S/C24H36O4/c1-14(22(26)27)19-7-8-20-18-6-5-16-13-17(28-15(2)25)9-11-23(16,3)21(18)10-12-24(19,20)4/h5,14,17-21H,6-13H2,1-4H3,(H,26,27)/t14?,17-,18-,19+,20-,21-,23-,24+/m0/s1. The molecule has 4 nitrogen and oxygen atoms in total. The Hall–Kier alpha value is -1.32. The van der Waals surface area contributed by atoms with Gasteiger partial charge in [0.2, 0.25) is 0 Å². The van der Waals surface area contributed by atoms with Crippen LogP contribution in [0.25, 0.3) is 0 Å². The summed E-state index contributed by atoms with van der Waals surface area (Å²) in [7, 11) is 0. The fourth-order valence-electron chi connectivity index (χ4n) is 8.00. The maximum absolute atomic E-state index is 11.7. The number of hydrogen-bond donors (Lipinski definition) is 1. The van der Waals surface area contributed by atoms with Crippen LogP contribution in [0.3, 0.4) is 0 Å². The third-order valence-electron chi connectivity index (χ3n) is 9.46. The number of carbonyl (C=O) groups excluding carboxylic acids is 1. The summed E-state index contributed by atoms with van der Waals surface area (Å²) in [6.07, 6.45) is 11.3. The van der Waals surface area contributed by atoms with Crippen molar-refractivity contribution in [3.8, 4) is 0 Å². The fourth-order valence-corrected chi connectivity index (χ4v) is 8.00. The number of rotatable bonds is 3. The van der Waals surface area contributed by atoms with Gasteiger partial charge in [-0.05, 0) is 79.4 Å². The van der Waals surface area contributed by atoms with Crippen LogP contribution in [0, 0.1) is 40.4 Å². The minimum Gasteiger partial charge on any atom is -0.481 e. The maximum atomic E-state index is 11.7. The van der Waals surface area contributed by atoms with Gasteiger partial charge in [0.25, 0.3) is 0 Å². The summed E-state index contributed by atoms with van der Waals surface area (Å²) in [5.74, 6) is 1.31. The third kappa shape index (κ3) is 2.93.